The molecule has 1 aliphatic rings. The Hall–Kier alpha value is -0.680. The summed E-state index contributed by atoms with van der Waals surface area (Å²) < 4.78 is 17.5. The van der Waals surface area contributed by atoms with Crippen molar-refractivity contribution in [1.29, 1.82) is 0 Å². The summed E-state index contributed by atoms with van der Waals surface area (Å²) in [5.41, 5.74) is 1.76. The van der Waals surface area contributed by atoms with Crippen LogP contribution < -0.4 is 4.74 Å². The van der Waals surface area contributed by atoms with E-state index < -0.39 is 0 Å². The van der Waals surface area contributed by atoms with E-state index in [4.69, 9.17) is 4.74 Å². The minimum Gasteiger partial charge on any atom is -0.477 e. The molecule has 1 aromatic rings. The zero-order valence-corrected chi connectivity index (χ0v) is 8.67. The van der Waals surface area contributed by atoms with Crippen molar-refractivity contribution in [3.63, 3.8) is 0 Å². The van der Waals surface area contributed by atoms with E-state index in [1.54, 1.807) is 11.7 Å². The van der Waals surface area contributed by atoms with Crippen LogP contribution in [0.5, 0.6) is 5.06 Å². The number of halogens is 1. The molecule has 3 nitrogen and oxygen atoms in total. The quantitative estimate of drug-likeness (QED) is 0.747. The molecule has 0 radical (unpaired) electrons. The standard InChI is InChI=1S/C9H13FN2OS/c10-2-1-3-12-5-8(6-12)13-9-4-11-7-14-9/h4,7-8H,1-3,5-6H2. The first-order valence-electron chi connectivity index (χ1n) is 4.72. The number of rotatable bonds is 5. The molecule has 1 aliphatic heterocycles. The van der Waals surface area contributed by atoms with Crippen molar-refractivity contribution >= 4 is 11.3 Å². The highest BCUT2D eigenvalue weighted by Crippen LogP contribution is 2.21. The molecule has 0 aliphatic carbocycles. The zero-order chi connectivity index (χ0) is 9.80. The van der Waals surface area contributed by atoms with Crippen LogP contribution in [0, 0.1) is 0 Å². The number of alkyl halides is 1. The summed E-state index contributed by atoms with van der Waals surface area (Å²) in [5, 5.41) is 0.875. The summed E-state index contributed by atoms with van der Waals surface area (Å²) >= 11 is 1.51. The maximum absolute atomic E-state index is 11.9. The molecule has 1 fully saturated rings. The number of hydrogen-bond acceptors (Lipinski definition) is 4. The van der Waals surface area contributed by atoms with Crippen LogP contribution in [0.25, 0.3) is 0 Å². The first-order chi connectivity index (χ1) is 6.88. The lowest BCUT2D eigenvalue weighted by Gasteiger charge is -2.38. The highest BCUT2D eigenvalue weighted by Gasteiger charge is 2.27. The third kappa shape index (κ3) is 2.42. The predicted octanol–water partition coefficient (Wildman–Crippen LogP) is 1.57. The van der Waals surface area contributed by atoms with Gasteiger partial charge in [0.1, 0.15) is 6.10 Å². The molecule has 0 N–H and O–H groups in total. The Bertz CT molecular complexity index is 262. The fraction of sp³-hybridized carbons (Fsp3) is 0.667. The van der Waals surface area contributed by atoms with Crippen molar-refractivity contribution in [3.8, 4) is 5.06 Å². The Morgan fingerprint density at radius 3 is 3.14 bits per heavy atom. The van der Waals surface area contributed by atoms with E-state index in [0.717, 1.165) is 24.7 Å². The van der Waals surface area contributed by atoms with Crippen LogP contribution in [0.15, 0.2) is 11.7 Å². The second-order valence-corrected chi connectivity index (χ2v) is 4.21. The van der Waals surface area contributed by atoms with Gasteiger partial charge in [-0.3, -0.25) is 9.29 Å². The van der Waals surface area contributed by atoms with E-state index in [2.05, 4.69) is 9.88 Å². The summed E-state index contributed by atoms with van der Waals surface area (Å²) in [4.78, 5) is 6.13. The highest BCUT2D eigenvalue weighted by atomic mass is 32.1. The third-order valence-corrected chi connectivity index (χ3v) is 2.89. The molecule has 0 aromatic carbocycles. The number of thiazole rings is 1. The highest BCUT2D eigenvalue weighted by molar-refractivity contribution is 7.11. The zero-order valence-electron chi connectivity index (χ0n) is 7.86. The first-order valence-corrected chi connectivity index (χ1v) is 5.60. The number of ether oxygens (including phenoxy) is 1. The Balaban J connectivity index is 1.63. The van der Waals surface area contributed by atoms with Gasteiger partial charge >= 0.3 is 0 Å². The molecule has 14 heavy (non-hydrogen) atoms. The Kier molecular flexibility index (Phi) is 3.31. The summed E-state index contributed by atoms with van der Waals surface area (Å²) in [6.07, 6.45) is 2.64. The van der Waals surface area contributed by atoms with Gasteiger partial charge in [-0.25, -0.2) is 4.98 Å². The van der Waals surface area contributed by atoms with Gasteiger partial charge in [0.15, 0.2) is 5.06 Å². The second kappa shape index (κ2) is 4.70. The van der Waals surface area contributed by atoms with Gasteiger partial charge < -0.3 is 4.74 Å². The van der Waals surface area contributed by atoms with E-state index in [-0.39, 0.29) is 12.8 Å². The van der Waals surface area contributed by atoms with Crippen molar-refractivity contribution in [1.82, 2.24) is 9.88 Å². The number of hydrogen-bond donors (Lipinski definition) is 0. The van der Waals surface area contributed by atoms with E-state index in [1.165, 1.54) is 11.3 Å². The molecule has 1 aromatic heterocycles. The van der Waals surface area contributed by atoms with Gasteiger partial charge in [-0.2, -0.15) is 0 Å². The summed E-state index contributed by atoms with van der Waals surface area (Å²) in [5.74, 6) is 0. The monoisotopic (exact) mass is 216 g/mol. The topological polar surface area (TPSA) is 25.4 Å². The average molecular weight is 216 g/mol. The molecule has 5 heteroatoms. The molecule has 1 saturated heterocycles. The summed E-state index contributed by atoms with van der Waals surface area (Å²) in [6, 6.07) is 0. The number of aromatic nitrogens is 1. The second-order valence-electron chi connectivity index (χ2n) is 3.36. The molecule has 0 unspecified atom stereocenters. The fourth-order valence-corrected chi connectivity index (χ4v) is 2.03. The minimum atomic E-state index is -0.225. The fourth-order valence-electron chi connectivity index (χ4n) is 1.49. The summed E-state index contributed by atoms with van der Waals surface area (Å²) in [7, 11) is 0. The Morgan fingerprint density at radius 1 is 1.64 bits per heavy atom. The molecular formula is C9H13FN2OS. The molecule has 2 heterocycles. The van der Waals surface area contributed by atoms with Gasteiger partial charge in [-0.15, -0.1) is 0 Å². The molecule has 2 rings (SSSR count). The minimum absolute atomic E-state index is 0.225. The first kappa shape index (κ1) is 9.86. The van der Waals surface area contributed by atoms with Gasteiger partial charge in [0, 0.05) is 19.6 Å². The lowest BCUT2D eigenvalue weighted by molar-refractivity contribution is 0.0207. The molecule has 0 amide bonds. The van der Waals surface area contributed by atoms with Crippen LogP contribution in [0.4, 0.5) is 4.39 Å². The van der Waals surface area contributed by atoms with Crippen LogP contribution in [0.2, 0.25) is 0 Å². The van der Waals surface area contributed by atoms with E-state index in [9.17, 15) is 4.39 Å². The molecule has 0 saturated carbocycles. The molecule has 0 spiro atoms. The SMILES string of the molecule is FCCCN1CC(Oc2cncs2)C1. The van der Waals surface area contributed by atoms with Crippen LogP contribution in [0.3, 0.4) is 0 Å². The van der Waals surface area contributed by atoms with E-state index >= 15 is 0 Å². The maximum Gasteiger partial charge on any atom is 0.194 e. The average Bonchev–Trinajstić information content (AvgIpc) is 2.61. The van der Waals surface area contributed by atoms with E-state index in [1.807, 2.05) is 0 Å². The van der Waals surface area contributed by atoms with Gasteiger partial charge in [-0.05, 0) is 6.42 Å². The lowest BCUT2D eigenvalue weighted by atomic mass is 10.1. The molecular weight excluding hydrogens is 203 g/mol. The normalized spacial score (nSPS) is 18.1. The largest absolute Gasteiger partial charge is 0.477 e. The lowest BCUT2D eigenvalue weighted by Crippen LogP contribution is -2.53. The van der Waals surface area contributed by atoms with Gasteiger partial charge in [0.05, 0.1) is 18.4 Å². The van der Waals surface area contributed by atoms with Crippen LogP contribution >= 0.6 is 11.3 Å². The van der Waals surface area contributed by atoms with Gasteiger partial charge in [-0.1, -0.05) is 11.3 Å². The molecule has 0 atom stereocenters. The van der Waals surface area contributed by atoms with Crippen molar-refractivity contribution in [3.05, 3.63) is 11.7 Å². The molecule has 78 valence electrons. The number of nitrogens with zero attached hydrogens (tertiary/aromatic N) is 2. The van der Waals surface area contributed by atoms with Crippen molar-refractivity contribution in [2.75, 3.05) is 26.3 Å². The van der Waals surface area contributed by atoms with E-state index in [0.29, 0.717) is 6.42 Å². The molecule has 0 bridgehead atoms. The van der Waals surface area contributed by atoms with Crippen LogP contribution in [-0.2, 0) is 0 Å². The third-order valence-electron chi connectivity index (χ3n) is 2.22. The summed E-state index contributed by atoms with van der Waals surface area (Å²) in [6.45, 7) is 2.45. The Morgan fingerprint density at radius 2 is 2.50 bits per heavy atom. The van der Waals surface area contributed by atoms with Gasteiger partial charge in [0.25, 0.3) is 0 Å². The predicted molar refractivity (Wildman–Crippen MR) is 53.6 cm³/mol. The van der Waals surface area contributed by atoms with Crippen molar-refractivity contribution in [2.45, 2.75) is 12.5 Å². The van der Waals surface area contributed by atoms with Crippen molar-refractivity contribution in [2.24, 2.45) is 0 Å². The number of likely N-dealkylation sites (tertiary alicyclic amines) is 1. The maximum atomic E-state index is 11.9. The Labute approximate surface area is 86.5 Å². The smallest absolute Gasteiger partial charge is 0.194 e. The van der Waals surface area contributed by atoms with Crippen LogP contribution in [-0.4, -0.2) is 42.3 Å². The van der Waals surface area contributed by atoms with Gasteiger partial charge in [0.2, 0.25) is 0 Å². The van der Waals surface area contributed by atoms with Crippen molar-refractivity contribution < 1.29 is 9.13 Å². The van der Waals surface area contributed by atoms with Crippen LogP contribution in [0.1, 0.15) is 6.42 Å².